The van der Waals surface area contributed by atoms with E-state index in [2.05, 4.69) is 41.1 Å². The normalized spacial score (nSPS) is 16.4. The van der Waals surface area contributed by atoms with Crippen LogP contribution in [0.4, 0.5) is 11.4 Å². The maximum atomic E-state index is 12.4. The number of nitrogens with one attached hydrogen (secondary N) is 3. The Kier molecular flexibility index (Phi) is 4.78. The van der Waals surface area contributed by atoms with Crippen LogP contribution in [0.2, 0.25) is 0 Å². The van der Waals surface area contributed by atoms with Gasteiger partial charge in [-0.05, 0) is 69.1 Å². The third-order valence-electron chi connectivity index (χ3n) is 3.53. The van der Waals surface area contributed by atoms with E-state index in [0.717, 1.165) is 22.0 Å². The first-order valence-corrected chi connectivity index (χ1v) is 8.78. The number of fused-ring (bicyclic) bond motifs is 1. The number of anilines is 2. The van der Waals surface area contributed by atoms with E-state index in [-0.39, 0.29) is 17.5 Å². The predicted octanol–water partition coefficient (Wildman–Crippen LogP) is 3.45. The van der Waals surface area contributed by atoms with Gasteiger partial charge in [0.1, 0.15) is 6.04 Å². The van der Waals surface area contributed by atoms with Crippen molar-refractivity contribution in [3.63, 3.8) is 0 Å². The Hall–Kier alpha value is -2.05. The number of carbonyl (C=O) groups excluding carboxylic acids is 1. The smallest absolute Gasteiger partial charge is 0.247 e. The molecule has 126 valence electrons. The second-order valence-corrected chi connectivity index (χ2v) is 7.75. The number of rotatable bonds is 4. The van der Waals surface area contributed by atoms with Crippen molar-refractivity contribution in [1.82, 2.24) is 9.71 Å². The summed E-state index contributed by atoms with van der Waals surface area (Å²) in [5, 5.41) is 6.17. The summed E-state index contributed by atoms with van der Waals surface area (Å²) in [5.41, 5.74) is 2.73. The average Bonchev–Trinajstić information content (AvgIpc) is 2.98. The zero-order chi connectivity index (χ0) is 17.2. The summed E-state index contributed by atoms with van der Waals surface area (Å²) in [6, 6.07) is 11.4. The molecular formula is C18H22N4OS. The lowest BCUT2D eigenvalue weighted by molar-refractivity contribution is -0.116. The Morgan fingerprint density at radius 1 is 1.25 bits per heavy atom. The minimum absolute atomic E-state index is 0.0405. The molecule has 24 heavy (non-hydrogen) atoms. The van der Waals surface area contributed by atoms with Crippen molar-refractivity contribution in [1.29, 1.82) is 0 Å². The van der Waals surface area contributed by atoms with Crippen molar-refractivity contribution in [3.8, 4) is 0 Å². The van der Waals surface area contributed by atoms with Crippen LogP contribution in [0.25, 0.3) is 0 Å². The molecule has 1 aliphatic rings. The van der Waals surface area contributed by atoms with E-state index in [0.29, 0.717) is 6.42 Å². The molecule has 1 amide bonds. The van der Waals surface area contributed by atoms with Crippen molar-refractivity contribution in [2.45, 2.75) is 43.7 Å². The van der Waals surface area contributed by atoms with Crippen molar-refractivity contribution < 1.29 is 4.79 Å². The van der Waals surface area contributed by atoms with Crippen molar-refractivity contribution >= 4 is 29.2 Å². The topological polar surface area (TPSA) is 66.0 Å². The molecule has 1 atom stereocenters. The SMILES string of the molecule is CC(C)(C)NSc1ccc(NC(=O)C2Cc3ncccc3N2)cc1. The first kappa shape index (κ1) is 16.8. The molecule has 0 saturated carbocycles. The van der Waals surface area contributed by atoms with E-state index in [1.165, 1.54) is 0 Å². The summed E-state index contributed by atoms with van der Waals surface area (Å²) in [6.45, 7) is 6.36. The molecule has 0 fully saturated rings. The van der Waals surface area contributed by atoms with Crippen molar-refractivity contribution in [2.75, 3.05) is 10.6 Å². The van der Waals surface area contributed by atoms with E-state index >= 15 is 0 Å². The Labute approximate surface area is 146 Å². The Morgan fingerprint density at radius 2 is 2.00 bits per heavy atom. The molecule has 2 aromatic rings. The molecule has 5 nitrogen and oxygen atoms in total. The number of amides is 1. The van der Waals surface area contributed by atoms with Gasteiger partial charge in [-0.1, -0.05) is 0 Å². The summed E-state index contributed by atoms with van der Waals surface area (Å²) in [7, 11) is 0. The zero-order valence-corrected chi connectivity index (χ0v) is 14.9. The van der Waals surface area contributed by atoms with E-state index in [1.54, 1.807) is 18.1 Å². The second kappa shape index (κ2) is 6.83. The molecule has 3 N–H and O–H groups in total. The van der Waals surface area contributed by atoms with Crippen LogP contribution >= 0.6 is 11.9 Å². The van der Waals surface area contributed by atoms with E-state index < -0.39 is 0 Å². The van der Waals surface area contributed by atoms with Crippen LogP contribution in [-0.2, 0) is 11.2 Å². The highest BCUT2D eigenvalue weighted by atomic mass is 32.2. The van der Waals surface area contributed by atoms with Crippen LogP contribution in [0, 0.1) is 0 Å². The van der Waals surface area contributed by atoms with Crippen LogP contribution in [0.5, 0.6) is 0 Å². The Balaban J connectivity index is 1.56. The van der Waals surface area contributed by atoms with Crippen LogP contribution in [-0.4, -0.2) is 22.5 Å². The van der Waals surface area contributed by atoms with Gasteiger partial charge in [0.05, 0.1) is 11.4 Å². The standard InChI is InChI=1S/C18H22N4OS/c1-18(2,3)22-24-13-8-6-12(7-9-13)20-17(23)16-11-15-14(21-16)5-4-10-19-15/h4-10,16,21-22H,11H2,1-3H3,(H,20,23). The maximum Gasteiger partial charge on any atom is 0.247 e. The van der Waals surface area contributed by atoms with Crippen LogP contribution in [0.15, 0.2) is 47.5 Å². The zero-order valence-electron chi connectivity index (χ0n) is 14.1. The van der Waals surface area contributed by atoms with Gasteiger partial charge in [0.2, 0.25) is 5.91 Å². The first-order chi connectivity index (χ1) is 11.4. The molecule has 6 heteroatoms. The molecule has 3 rings (SSSR count). The minimum atomic E-state index is -0.272. The van der Waals surface area contributed by atoms with Gasteiger partial charge >= 0.3 is 0 Å². The van der Waals surface area contributed by atoms with E-state index in [9.17, 15) is 4.79 Å². The molecule has 1 aromatic carbocycles. The van der Waals surface area contributed by atoms with Crippen molar-refractivity contribution in [2.24, 2.45) is 0 Å². The highest BCUT2D eigenvalue weighted by Crippen LogP contribution is 2.24. The molecule has 0 radical (unpaired) electrons. The maximum absolute atomic E-state index is 12.4. The predicted molar refractivity (Wildman–Crippen MR) is 99.2 cm³/mol. The molecule has 0 bridgehead atoms. The average molecular weight is 342 g/mol. The quantitative estimate of drug-likeness (QED) is 0.743. The Bertz CT molecular complexity index is 700. The number of nitrogens with zero attached hydrogens (tertiary/aromatic N) is 1. The van der Waals surface area contributed by atoms with Gasteiger partial charge < -0.3 is 10.6 Å². The summed E-state index contributed by atoms with van der Waals surface area (Å²) >= 11 is 1.59. The number of pyridine rings is 1. The molecule has 0 saturated heterocycles. The number of carbonyl (C=O) groups is 1. The van der Waals surface area contributed by atoms with Crippen LogP contribution in [0.3, 0.4) is 0 Å². The number of hydrogen-bond acceptors (Lipinski definition) is 5. The first-order valence-electron chi connectivity index (χ1n) is 7.96. The molecule has 0 spiro atoms. The fourth-order valence-electron chi connectivity index (χ4n) is 2.37. The minimum Gasteiger partial charge on any atom is -0.372 e. The molecule has 2 heterocycles. The van der Waals surface area contributed by atoms with Crippen molar-refractivity contribution in [3.05, 3.63) is 48.3 Å². The molecular weight excluding hydrogens is 320 g/mol. The summed E-state index contributed by atoms with van der Waals surface area (Å²) < 4.78 is 3.37. The summed E-state index contributed by atoms with van der Waals surface area (Å²) in [4.78, 5) is 17.8. The molecule has 1 aliphatic heterocycles. The van der Waals surface area contributed by atoms with E-state index in [4.69, 9.17) is 0 Å². The van der Waals surface area contributed by atoms with Gasteiger partial charge in [-0.3, -0.25) is 14.5 Å². The molecule has 1 unspecified atom stereocenters. The van der Waals surface area contributed by atoms with Gasteiger partial charge in [0.15, 0.2) is 0 Å². The van der Waals surface area contributed by atoms with Gasteiger partial charge in [0, 0.05) is 28.7 Å². The monoisotopic (exact) mass is 342 g/mol. The fourth-order valence-corrected chi connectivity index (χ4v) is 3.07. The van der Waals surface area contributed by atoms with Crippen LogP contribution < -0.4 is 15.4 Å². The van der Waals surface area contributed by atoms with Gasteiger partial charge in [0.25, 0.3) is 0 Å². The summed E-state index contributed by atoms with van der Waals surface area (Å²) in [5.74, 6) is -0.0405. The lowest BCUT2D eigenvalue weighted by Gasteiger charge is -2.19. The number of hydrogen-bond donors (Lipinski definition) is 3. The summed E-state index contributed by atoms with van der Waals surface area (Å²) in [6.07, 6.45) is 2.37. The largest absolute Gasteiger partial charge is 0.372 e. The third kappa shape index (κ3) is 4.27. The lowest BCUT2D eigenvalue weighted by Crippen LogP contribution is -2.32. The van der Waals surface area contributed by atoms with Gasteiger partial charge in [-0.25, -0.2) is 0 Å². The van der Waals surface area contributed by atoms with Gasteiger partial charge in [-0.15, -0.1) is 0 Å². The third-order valence-corrected chi connectivity index (χ3v) is 4.75. The molecule has 1 aromatic heterocycles. The number of benzene rings is 1. The highest BCUT2D eigenvalue weighted by molar-refractivity contribution is 7.97. The highest BCUT2D eigenvalue weighted by Gasteiger charge is 2.27. The van der Waals surface area contributed by atoms with Crippen LogP contribution in [0.1, 0.15) is 26.5 Å². The fraction of sp³-hybridized carbons (Fsp3) is 0.333. The molecule has 0 aliphatic carbocycles. The lowest BCUT2D eigenvalue weighted by atomic mass is 10.1. The van der Waals surface area contributed by atoms with Gasteiger partial charge in [-0.2, -0.15) is 0 Å². The number of aromatic nitrogens is 1. The second-order valence-electron chi connectivity index (χ2n) is 6.87. The van der Waals surface area contributed by atoms with E-state index in [1.807, 2.05) is 36.4 Å². The Morgan fingerprint density at radius 3 is 2.67 bits per heavy atom.